The maximum Gasteiger partial charge on any atom is 0.303 e. The summed E-state index contributed by atoms with van der Waals surface area (Å²) in [6, 6.07) is 6.60. The summed E-state index contributed by atoms with van der Waals surface area (Å²) in [4.78, 5) is 21.4. The van der Waals surface area contributed by atoms with Gasteiger partial charge in [-0.25, -0.2) is 0 Å². The van der Waals surface area contributed by atoms with E-state index in [0.717, 1.165) is 0 Å². The molecule has 0 bridgehead atoms. The maximum atomic E-state index is 11.2. The van der Waals surface area contributed by atoms with Crippen molar-refractivity contribution >= 4 is 29.2 Å². The number of rotatable bonds is 4. The van der Waals surface area contributed by atoms with Crippen LogP contribution < -0.4 is 5.32 Å². The fourth-order valence-corrected chi connectivity index (χ4v) is 1.10. The molecule has 2 N–H and O–H groups in total. The molecule has 0 fully saturated rings. The van der Waals surface area contributed by atoms with Crippen LogP contribution in [-0.4, -0.2) is 17.0 Å². The van der Waals surface area contributed by atoms with E-state index in [4.69, 9.17) is 16.7 Å². The van der Waals surface area contributed by atoms with E-state index in [1.54, 1.807) is 24.3 Å². The summed E-state index contributed by atoms with van der Waals surface area (Å²) in [6.07, 6.45) is -0.197. The number of carbonyl (C=O) groups excluding carboxylic acids is 1. The number of hydrogen-bond donors (Lipinski definition) is 2. The quantitative estimate of drug-likeness (QED) is 0.828. The van der Waals surface area contributed by atoms with Crippen molar-refractivity contribution in [2.45, 2.75) is 12.8 Å². The van der Waals surface area contributed by atoms with Gasteiger partial charge in [0.1, 0.15) is 0 Å². The summed E-state index contributed by atoms with van der Waals surface area (Å²) in [5.74, 6) is -1.30. The Hall–Kier alpha value is -1.55. The van der Waals surface area contributed by atoms with Crippen LogP contribution in [0.4, 0.5) is 5.69 Å². The maximum absolute atomic E-state index is 11.2. The van der Waals surface area contributed by atoms with Crippen LogP contribution in [0, 0.1) is 0 Å². The van der Waals surface area contributed by atoms with E-state index in [2.05, 4.69) is 5.32 Å². The van der Waals surface area contributed by atoms with Gasteiger partial charge in [0.25, 0.3) is 0 Å². The van der Waals surface area contributed by atoms with Crippen molar-refractivity contribution in [3.63, 3.8) is 0 Å². The first-order valence-corrected chi connectivity index (χ1v) is 4.73. The molecule has 0 heterocycles. The molecule has 0 saturated carbocycles. The lowest BCUT2D eigenvalue weighted by atomic mass is 10.2. The van der Waals surface area contributed by atoms with Gasteiger partial charge in [-0.15, -0.1) is 0 Å². The van der Waals surface area contributed by atoms with Crippen molar-refractivity contribution < 1.29 is 14.7 Å². The third-order valence-electron chi connectivity index (χ3n) is 1.69. The Balaban J connectivity index is 2.44. The van der Waals surface area contributed by atoms with E-state index in [1.807, 2.05) is 0 Å². The number of halogens is 1. The molecule has 80 valence electrons. The van der Waals surface area contributed by atoms with E-state index < -0.39 is 5.97 Å². The van der Waals surface area contributed by atoms with E-state index >= 15 is 0 Å². The summed E-state index contributed by atoms with van der Waals surface area (Å²) >= 11 is 5.66. The van der Waals surface area contributed by atoms with Crippen LogP contribution >= 0.6 is 11.6 Å². The van der Waals surface area contributed by atoms with Crippen molar-refractivity contribution in [1.29, 1.82) is 0 Å². The minimum Gasteiger partial charge on any atom is -0.481 e. The summed E-state index contributed by atoms with van der Waals surface area (Å²) in [6.45, 7) is 0. The summed E-state index contributed by atoms with van der Waals surface area (Å²) < 4.78 is 0. The lowest BCUT2D eigenvalue weighted by Gasteiger charge is -2.03. The Morgan fingerprint density at radius 2 is 1.80 bits per heavy atom. The van der Waals surface area contributed by atoms with Crippen molar-refractivity contribution in [2.75, 3.05) is 5.32 Å². The highest BCUT2D eigenvalue weighted by atomic mass is 35.5. The van der Waals surface area contributed by atoms with Gasteiger partial charge in [0.15, 0.2) is 0 Å². The lowest BCUT2D eigenvalue weighted by Crippen LogP contribution is -2.12. The predicted octanol–water partition coefficient (Wildman–Crippen LogP) is 2.14. The van der Waals surface area contributed by atoms with E-state index in [9.17, 15) is 9.59 Å². The van der Waals surface area contributed by atoms with E-state index in [1.165, 1.54) is 0 Å². The second kappa shape index (κ2) is 5.36. The van der Waals surface area contributed by atoms with Crippen LogP contribution in [0.15, 0.2) is 24.3 Å². The van der Waals surface area contributed by atoms with Crippen molar-refractivity contribution in [3.8, 4) is 0 Å². The Morgan fingerprint density at radius 1 is 1.20 bits per heavy atom. The van der Waals surface area contributed by atoms with Crippen LogP contribution in [0.25, 0.3) is 0 Å². The third-order valence-corrected chi connectivity index (χ3v) is 1.95. The molecular weight excluding hydrogens is 218 g/mol. The molecule has 1 amide bonds. The molecular formula is C10H10ClNO3. The number of amides is 1. The third kappa shape index (κ3) is 4.46. The molecule has 1 aromatic rings. The van der Waals surface area contributed by atoms with Crippen molar-refractivity contribution in [1.82, 2.24) is 0 Å². The molecule has 5 heteroatoms. The SMILES string of the molecule is O=C(O)CCC(=O)Nc1ccc(Cl)cc1. The molecule has 0 aliphatic carbocycles. The van der Waals surface area contributed by atoms with Crippen LogP contribution in [0.1, 0.15) is 12.8 Å². The van der Waals surface area contributed by atoms with Gasteiger partial charge in [-0.1, -0.05) is 11.6 Å². The smallest absolute Gasteiger partial charge is 0.303 e. The van der Waals surface area contributed by atoms with Gasteiger partial charge in [-0.05, 0) is 24.3 Å². The van der Waals surface area contributed by atoms with Crippen LogP contribution in [0.5, 0.6) is 0 Å². The fourth-order valence-electron chi connectivity index (χ4n) is 0.977. The molecule has 0 spiro atoms. The molecule has 0 aliphatic rings. The minimum atomic E-state index is -0.985. The average Bonchev–Trinajstić information content (AvgIpc) is 2.19. The Bertz CT molecular complexity index is 361. The molecule has 1 rings (SSSR count). The topological polar surface area (TPSA) is 66.4 Å². The number of anilines is 1. The number of carbonyl (C=O) groups is 2. The molecule has 0 saturated heterocycles. The largest absolute Gasteiger partial charge is 0.481 e. The Labute approximate surface area is 91.9 Å². The van der Waals surface area contributed by atoms with E-state index in [0.29, 0.717) is 10.7 Å². The second-order valence-electron chi connectivity index (χ2n) is 2.95. The van der Waals surface area contributed by atoms with Gasteiger partial charge in [0.05, 0.1) is 6.42 Å². The average molecular weight is 228 g/mol. The zero-order chi connectivity index (χ0) is 11.3. The first kappa shape index (κ1) is 11.5. The summed E-state index contributed by atoms with van der Waals surface area (Å²) in [7, 11) is 0. The highest BCUT2D eigenvalue weighted by Gasteiger charge is 2.05. The molecule has 15 heavy (non-hydrogen) atoms. The number of carboxylic acids is 1. The molecule has 1 aromatic carbocycles. The number of aliphatic carboxylic acids is 1. The zero-order valence-electron chi connectivity index (χ0n) is 7.87. The first-order chi connectivity index (χ1) is 7.08. The molecule has 4 nitrogen and oxygen atoms in total. The molecule has 0 unspecified atom stereocenters. The van der Waals surface area contributed by atoms with Crippen molar-refractivity contribution in [3.05, 3.63) is 29.3 Å². The lowest BCUT2D eigenvalue weighted by molar-refractivity contribution is -0.138. The van der Waals surface area contributed by atoms with Crippen LogP contribution in [-0.2, 0) is 9.59 Å². The predicted molar refractivity (Wildman–Crippen MR) is 57.0 cm³/mol. The highest BCUT2D eigenvalue weighted by molar-refractivity contribution is 6.30. The Kier molecular flexibility index (Phi) is 4.12. The van der Waals surface area contributed by atoms with Crippen LogP contribution in [0.3, 0.4) is 0 Å². The number of hydrogen-bond acceptors (Lipinski definition) is 2. The highest BCUT2D eigenvalue weighted by Crippen LogP contribution is 2.13. The van der Waals surface area contributed by atoms with Gasteiger partial charge >= 0.3 is 5.97 Å². The summed E-state index contributed by atoms with van der Waals surface area (Å²) in [5, 5.41) is 11.5. The minimum absolute atomic E-state index is 0.0298. The molecule has 0 aromatic heterocycles. The van der Waals surface area contributed by atoms with Gasteiger partial charge in [0.2, 0.25) is 5.91 Å². The Morgan fingerprint density at radius 3 is 2.33 bits per heavy atom. The first-order valence-electron chi connectivity index (χ1n) is 4.35. The standard InChI is InChI=1S/C10H10ClNO3/c11-7-1-3-8(4-2-7)12-9(13)5-6-10(14)15/h1-4H,5-6H2,(H,12,13)(H,14,15). The van der Waals surface area contributed by atoms with Crippen molar-refractivity contribution in [2.24, 2.45) is 0 Å². The monoisotopic (exact) mass is 227 g/mol. The van der Waals surface area contributed by atoms with Gasteiger partial charge in [-0.2, -0.15) is 0 Å². The second-order valence-corrected chi connectivity index (χ2v) is 3.39. The molecule has 0 atom stereocenters. The normalized spacial score (nSPS) is 9.67. The number of nitrogens with one attached hydrogen (secondary N) is 1. The van der Waals surface area contributed by atoms with Gasteiger partial charge < -0.3 is 10.4 Å². The number of benzene rings is 1. The molecule has 0 aliphatic heterocycles. The van der Waals surface area contributed by atoms with Crippen LogP contribution in [0.2, 0.25) is 5.02 Å². The summed E-state index contributed by atoms with van der Waals surface area (Å²) in [5.41, 5.74) is 0.606. The zero-order valence-corrected chi connectivity index (χ0v) is 8.62. The van der Waals surface area contributed by atoms with Gasteiger partial charge in [0, 0.05) is 17.1 Å². The van der Waals surface area contributed by atoms with E-state index in [-0.39, 0.29) is 18.7 Å². The number of carboxylic acid groups (broad SMARTS) is 1. The fraction of sp³-hybridized carbons (Fsp3) is 0.200. The molecule has 0 radical (unpaired) electrons. The van der Waals surface area contributed by atoms with Gasteiger partial charge in [-0.3, -0.25) is 9.59 Å².